The van der Waals surface area contributed by atoms with Crippen molar-refractivity contribution in [1.82, 2.24) is 0 Å². The molecule has 6 fully saturated rings. The van der Waals surface area contributed by atoms with Crippen LogP contribution in [0.5, 0.6) is 0 Å². The number of hydrogen-bond acceptors (Lipinski definition) is 32. The molecule has 0 aromatic carbocycles. The highest BCUT2D eigenvalue weighted by Crippen LogP contribution is 2.65. The number of carbonyl (C=O) groups excluding carboxylic acids is 1. The van der Waals surface area contributed by atoms with Gasteiger partial charge in [-0.25, -0.2) is 0 Å². The normalized spacial score (nSPS) is 43.1. The van der Waals surface area contributed by atoms with Crippen LogP contribution in [0.25, 0.3) is 0 Å². The lowest BCUT2D eigenvalue weighted by atomic mass is 9.45. The Bertz CT molecular complexity index is 2180. The summed E-state index contributed by atoms with van der Waals surface area (Å²) in [6, 6.07) is 0. The summed E-state index contributed by atoms with van der Waals surface area (Å²) in [6.07, 6.45) is -49.7. The molecule has 2 aliphatic carbocycles. The van der Waals surface area contributed by atoms with Gasteiger partial charge in [0.05, 0.1) is 70.0 Å². The Hall–Kier alpha value is -1.99. The molecule has 0 radical (unpaired) electrons. The number of hydrogen-bond donors (Lipinski definition) is 20. The first-order valence-corrected chi connectivity index (χ1v) is 29.7. The third-order valence-corrected chi connectivity index (χ3v) is 19.1. The van der Waals surface area contributed by atoms with Crippen molar-refractivity contribution in [2.45, 2.75) is 259 Å². The zero-order valence-corrected chi connectivity index (χ0v) is 50.5. The number of esters is 1. The molecular formula is C56H98O32. The summed E-state index contributed by atoms with van der Waals surface area (Å²) in [7, 11) is 0. The number of carbonyl (C=O) groups is 1. The minimum atomic E-state index is -2.51. The van der Waals surface area contributed by atoms with E-state index in [0.29, 0.717) is 12.0 Å². The SMILES string of the molecule is C=C1C[C@@]2(C)CCC3[C@](C)(C(=O)OC4OC(CO)C(O)C(O)C4OC(OC(CO)C(C)O)C(O)O)CCC[C@@]3(C)[C@@H]2OC2C(OC(CO)C(O)C2O)OC(OCC(O)C(O)C(O)C(O)CO)C(OC(COC2OC(CO)C(O)C(O)C2O)C(C)O)C1(C)C. The monoisotopic (exact) mass is 1280 g/mol. The summed E-state index contributed by atoms with van der Waals surface area (Å²) in [6.45, 7) is 9.55. The van der Waals surface area contributed by atoms with Gasteiger partial charge in [-0.15, -0.1) is 0 Å². The van der Waals surface area contributed by atoms with Gasteiger partial charge >= 0.3 is 5.97 Å². The number of aliphatic hydroxyl groups excluding tert-OH is 19. The third-order valence-electron chi connectivity index (χ3n) is 19.1. The van der Waals surface area contributed by atoms with Crippen LogP contribution in [0.4, 0.5) is 0 Å². The molecule has 88 heavy (non-hydrogen) atoms. The maximum absolute atomic E-state index is 15.2. The second-order valence-corrected chi connectivity index (χ2v) is 25.8. The van der Waals surface area contributed by atoms with Crippen molar-refractivity contribution in [3.05, 3.63) is 12.2 Å². The van der Waals surface area contributed by atoms with Crippen LogP contribution in [0.2, 0.25) is 0 Å². The molecule has 32 nitrogen and oxygen atoms in total. The molecule has 0 spiro atoms. The van der Waals surface area contributed by atoms with Gasteiger partial charge in [-0.3, -0.25) is 4.79 Å². The van der Waals surface area contributed by atoms with E-state index < -0.39 is 252 Å². The fraction of sp³-hybridized carbons (Fsp3) is 0.946. The van der Waals surface area contributed by atoms with Gasteiger partial charge in [0.15, 0.2) is 25.0 Å². The van der Waals surface area contributed by atoms with Crippen molar-refractivity contribution in [3.63, 3.8) is 0 Å². The van der Waals surface area contributed by atoms with Crippen LogP contribution in [0.15, 0.2) is 12.2 Å². The largest absolute Gasteiger partial charge is 0.432 e. The zero-order chi connectivity index (χ0) is 65.9. The number of ether oxygens (including phenoxy) is 11. The van der Waals surface area contributed by atoms with Gasteiger partial charge in [-0.2, -0.15) is 0 Å². The van der Waals surface area contributed by atoms with Gasteiger partial charge in [0.25, 0.3) is 0 Å². The van der Waals surface area contributed by atoms with Crippen LogP contribution in [0.1, 0.15) is 87.0 Å². The molecule has 27 unspecified atom stereocenters. The van der Waals surface area contributed by atoms with Crippen LogP contribution < -0.4 is 0 Å². The van der Waals surface area contributed by atoms with Crippen molar-refractivity contribution in [3.8, 4) is 0 Å². The Morgan fingerprint density at radius 2 is 1.16 bits per heavy atom. The first-order valence-electron chi connectivity index (χ1n) is 29.7. The Balaban J connectivity index is 1.42. The van der Waals surface area contributed by atoms with Gasteiger partial charge in [-0.1, -0.05) is 46.3 Å². The van der Waals surface area contributed by atoms with Crippen molar-refractivity contribution >= 4 is 5.97 Å². The fourth-order valence-electron chi connectivity index (χ4n) is 13.4. The molecule has 20 N–H and O–H groups in total. The summed E-state index contributed by atoms with van der Waals surface area (Å²) in [5, 5.41) is 213. The van der Waals surface area contributed by atoms with E-state index in [4.69, 9.17) is 52.1 Å². The van der Waals surface area contributed by atoms with Gasteiger partial charge < -0.3 is 154 Å². The molecule has 4 heterocycles. The molecule has 4 saturated heterocycles. The molecule has 4 aliphatic heterocycles. The van der Waals surface area contributed by atoms with Crippen LogP contribution >= 0.6 is 0 Å². The van der Waals surface area contributed by atoms with Crippen molar-refractivity contribution in [2.24, 2.45) is 27.6 Å². The Morgan fingerprint density at radius 1 is 0.602 bits per heavy atom. The van der Waals surface area contributed by atoms with E-state index >= 15 is 4.79 Å². The van der Waals surface area contributed by atoms with Crippen LogP contribution in [-0.2, 0) is 56.9 Å². The van der Waals surface area contributed by atoms with E-state index in [1.165, 1.54) is 13.8 Å². The van der Waals surface area contributed by atoms with Crippen molar-refractivity contribution in [1.29, 1.82) is 0 Å². The van der Waals surface area contributed by atoms with E-state index in [-0.39, 0.29) is 32.1 Å². The molecular weight excluding hydrogens is 1180 g/mol. The smallest absolute Gasteiger partial charge is 0.314 e. The summed E-state index contributed by atoms with van der Waals surface area (Å²) in [4.78, 5) is 15.2. The van der Waals surface area contributed by atoms with E-state index in [0.717, 1.165) is 0 Å². The highest BCUT2D eigenvalue weighted by Gasteiger charge is 2.66. The molecule has 32 heteroatoms. The van der Waals surface area contributed by atoms with Crippen molar-refractivity contribution in [2.75, 3.05) is 46.2 Å². The van der Waals surface area contributed by atoms with Gasteiger partial charge in [0.2, 0.25) is 18.9 Å². The zero-order valence-electron chi connectivity index (χ0n) is 50.5. The van der Waals surface area contributed by atoms with E-state index in [1.807, 2.05) is 13.8 Å². The highest BCUT2D eigenvalue weighted by molar-refractivity contribution is 5.77. The highest BCUT2D eigenvalue weighted by atomic mass is 16.8. The third kappa shape index (κ3) is 15.9. The summed E-state index contributed by atoms with van der Waals surface area (Å²) < 4.78 is 67.5. The van der Waals surface area contributed by atoms with Gasteiger partial charge in [0, 0.05) is 5.41 Å². The molecule has 0 aromatic heterocycles. The standard InChI is InChI=1S/C56H98O32/c1-22-14-54(6)13-10-32-55(7,11-9-12-56(32,8)52(77)88-48-42(39(72)36(69)30(19-61)84-48)85-50(45(75)76)81-27(16-58)23(2)62)51(54)86-43-40(73)37(70)29(18-60)83-47(43)87-49(78-20-26(65)34(67)33(66)25(64)15-57)44(53(22,4)5)80-31(24(3)63)21-79-46-41(74)38(71)35(68)28(17-59)82-46/h23-51,57-76H,1,9-21H2,2-8H3/t23?,24?,25?,26?,27?,28?,29?,30?,31?,32?,33?,34?,35?,36?,37?,38?,39?,40?,41?,42?,43?,44?,46?,47?,48?,49?,50?,51-,54-,55-,56-/m1/s1. The van der Waals surface area contributed by atoms with Crippen LogP contribution in [-0.4, -0.2) is 326 Å². The average Bonchev–Trinajstić information content (AvgIpc) is 0.961. The lowest BCUT2D eigenvalue weighted by Crippen LogP contribution is -2.66. The molecule has 0 bridgehead atoms. The molecule has 514 valence electrons. The number of aliphatic hydroxyl groups is 20. The Labute approximate surface area is 508 Å². The second kappa shape index (κ2) is 31.0. The van der Waals surface area contributed by atoms with Gasteiger partial charge in [-0.05, 0) is 69.6 Å². The van der Waals surface area contributed by atoms with E-state index in [9.17, 15) is 102 Å². The van der Waals surface area contributed by atoms with Crippen molar-refractivity contribution < 1.29 is 159 Å². The molecule has 0 amide bonds. The number of fused-ring (bicyclic) bond motifs is 4. The predicted octanol–water partition coefficient (Wildman–Crippen LogP) is -7.71. The summed E-state index contributed by atoms with van der Waals surface area (Å²) in [5.74, 6) is -1.69. The fourth-order valence-corrected chi connectivity index (χ4v) is 13.4. The average molecular weight is 1280 g/mol. The van der Waals surface area contributed by atoms with Gasteiger partial charge in [0.1, 0.15) is 110 Å². The molecule has 2 saturated carbocycles. The van der Waals surface area contributed by atoms with Crippen LogP contribution in [0, 0.1) is 27.6 Å². The molecule has 0 aromatic rings. The quantitative estimate of drug-likeness (QED) is 0.0229. The maximum Gasteiger partial charge on any atom is 0.314 e. The maximum atomic E-state index is 15.2. The first kappa shape index (κ1) is 75.0. The number of rotatable bonds is 25. The van der Waals surface area contributed by atoms with E-state index in [2.05, 4.69) is 6.58 Å². The summed E-state index contributed by atoms with van der Waals surface area (Å²) >= 11 is 0. The molecule has 6 rings (SSSR count). The Kier molecular flexibility index (Phi) is 26.5. The first-order chi connectivity index (χ1) is 41.1. The topological polar surface area (TPSA) is 523 Å². The van der Waals surface area contributed by atoms with E-state index in [1.54, 1.807) is 20.8 Å². The molecule has 31 atom stereocenters. The lowest BCUT2D eigenvalue weighted by molar-refractivity contribution is -0.377. The summed E-state index contributed by atoms with van der Waals surface area (Å²) in [5.41, 5.74) is -4.93. The molecule has 6 aliphatic rings. The minimum absolute atomic E-state index is 0.00795. The van der Waals surface area contributed by atoms with Crippen LogP contribution in [0.3, 0.4) is 0 Å². The minimum Gasteiger partial charge on any atom is -0.432 e. The predicted molar refractivity (Wildman–Crippen MR) is 291 cm³/mol. The Morgan fingerprint density at radius 3 is 1.73 bits per heavy atom. The lowest BCUT2D eigenvalue weighted by Gasteiger charge is -2.63. The second-order valence-electron chi connectivity index (χ2n) is 25.8.